The van der Waals surface area contributed by atoms with Gasteiger partial charge in [0.25, 0.3) is 5.91 Å². The number of halogens is 1. The van der Waals surface area contributed by atoms with Crippen LogP contribution in [-0.2, 0) is 4.74 Å². The van der Waals surface area contributed by atoms with Crippen LogP contribution in [0.3, 0.4) is 0 Å². The van der Waals surface area contributed by atoms with Crippen molar-refractivity contribution in [2.24, 2.45) is 11.5 Å². The molecule has 1 amide bonds. The number of primary amides is 1. The van der Waals surface area contributed by atoms with Crippen LogP contribution >= 0.6 is 0 Å². The van der Waals surface area contributed by atoms with Gasteiger partial charge in [-0.2, -0.15) is 0 Å². The molecule has 2 aromatic heterocycles. The van der Waals surface area contributed by atoms with Gasteiger partial charge in [-0.3, -0.25) is 4.79 Å². The maximum absolute atomic E-state index is 14.8. The van der Waals surface area contributed by atoms with Crippen LogP contribution in [0.15, 0.2) is 36.4 Å². The summed E-state index contributed by atoms with van der Waals surface area (Å²) in [5, 5.41) is 7.11. The number of aromatic nitrogens is 2. The minimum Gasteiger partial charge on any atom is -0.472 e. The van der Waals surface area contributed by atoms with Gasteiger partial charge in [0.1, 0.15) is 11.9 Å². The van der Waals surface area contributed by atoms with E-state index in [0.29, 0.717) is 23.7 Å². The molecule has 35 heavy (non-hydrogen) atoms. The number of benzene rings is 1. The maximum Gasteiger partial charge on any atom is 0.252 e. The predicted molar refractivity (Wildman–Crippen MR) is 134 cm³/mol. The van der Waals surface area contributed by atoms with Gasteiger partial charge >= 0.3 is 0 Å². The first-order valence-electron chi connectivity index (χ1n) is 11.7. The fourth-order valence-corrected chi connectivity index (χ4v) is 4.24. The lowest BCUT2D eigenvalue weighted by Crippen LogP contribution is -2.43. The van der Waals surface area contributed by atoms with Crippen molar-refractivity contribution in [3.05, 3.63) is 47.8 Å². The van der Waals surface area contributed by atoms with Crippen LogP contribution in [0.25, 0.3) is 10.9 Å². The Morgan fingerprint density at radius 2 is 1.94 bits per heavy atom. The summed E-state index contributed by atoms with van der Waals surface area (Å²) in [4.78, 5) is 20.9. The van der Waals surface area contributed by atoms with E-state index in [1.165, 1.54) is 0 Å². The number of amides is 1. The van der Waals surface area contributed by atoms with Gasteiger partial charge < -0.3 is 31.6 Å². The molecule has 1 aliphatic rings. The largest absolute Gasteiger partial charge is 0.472 e. The number of rotatable bonds is 9. The number of hydrogen-bond acceptors (Lipinski definition) is 8. The Kier molecular flexibility index (Phi) is 7.62. The minimum atomic E-state index is -0.790. The molecule has 0 aliphatic heterocycles. The van der Waals surface area contributed by atoms with Crippen molar-refractivity contribution < 1.29 is 18.7 Å². The second-order valence-electron chi connectivity index (χ2n) is 8.84. The third-order valence-electron chi connectivity index (χ3n) is 6.04. The van der Waals surface area contributed by atoms with Crippen LogP contribution in [-0.4, -0.2) is 47.8 Å². The van der Waals surface area contributed by atoms with Crippen LogP contribution < -0.4 is 26.8 Å². The first-order valence-corrected chi connectivity index (χ1v) is 11.7. The zero-order valence-corrected chi connectivity index (χ0v) is 19.9. The molecule has 3 atom stereocenters. The summed E-state index contributed by atoms with van der Waals surface area (Å²) < 4.78 is 25.7. The number of pyridine rings is 2. The smallest absolute Gasteiger partial charge is 0.252 e. The van der Waals surface area contributed by atoms with E-state index in [1.807, 2.05) is 25.1 Å². The highest BCUT2D eigenvalue weighted by Crippen LogP contribution is 2.28. The topological polar surface area (TPSA) is 137 Å². The van der Waals surface area contributed by atoms with Crippen LogP contribution in [0, 0.1) is 5.82 Å². The van der Waals surface area contributed by atoms with E-state index in [-0.39, 0.29) is 35.4 Å². The molecular formula is C25H31FN6O3. The van der Waals surface area contributed by atoms with E-state index >= 15 is 0 Å². The van der Waals surface area contributed by atoms with E-state index in [0.717, 1.165) is 37.1 Å². The minimum absolute atomic E-state index is 0.0292. The van der Waals surface area contributed by atoms with Gasteiger partial charge in [0.05, 0.1) is 17.7 Å². The summed E-state index contributed by atoms with van der Waals surface area (Å²) in [6.07, 6.45) is 3.60. The standard InChI is InChI=1S/C25H31FN6O3/c1-14(13-34-2)35-22-10-8-15-7-9-16(11-21(15)30-22)29-24-17(23(28)33)12-18(26)25(32-24)31-20-6-4-3-5-19(20)27/h7-12,14,19-20H,3-6,13,27H2,1-2H3,(H2,28,33)(H2,29,31,32)/t14?,19-,20?/m0/s1. The molecule has 1 aliphatic carbocycles. The average Bonchev–Trinajstić information content (AvgIpc) is 2.82. The van der Waals surface area contributed by atoms with Gasteiger partial charge in [-0.05, 0) is 44.0 Å². The Hall–Kier alpha value is -3.50. The van der Waals surface area contributed by atoms with Gasteiger partial charge in [0, 0.05) is 36.3 Å². The van der Waals surface area contributed by atoms with Gasteiger partial charge in [0.2, 0.25) is 5.88 Å². The third kappa shape index (κ3) is 5.95. The molecule has 9 nitrogen and oxygen atoms in total. The first kappa shape index (κ1) is 24.6. The highest BCUT2D eigenvalue weighted by Gasteiger charge is 2.24. The summed E-state index contributed by atoms with van der Waals surface area (Å²) in [6, 6.07) is 10.1. The molecule has 186 valence electrons. The highest BCUT2D eigenvalue weighted by molar-refractivity contribution is 5.99. The number of fused-ring (bicyclic) bond motifs is 1. The summed E-state index contributed by atoms with van der Waals surface area (Å²) in [6.45, 7) is 2.33. The normalized spacial score (nSPS) is 18.7. The summed E-state index contributed by atoms with van der Waals surface area (Å²) in [7, 11) is 1.61. The summed E-state index contributed by atoms with van der Waals surface area (Å²) in [5.41, 5.74) is 12.9. The Balaban J connectivity index is 1.62. The number of nitrogens with zero attached hydrogens (tertiary/aromatic N) is 2. The van der Waals surface area contributed by atoms with Crippen molar-refractivity contribution >= 4 is 34.1 Å². The fourth-order valence-electron chi connectivity index (χ4n) is 4.24. The molecule has 0 bridgehead atoms. The summed E-state index contributed by atoms with van der Waals surface area (Å²) >= 11 is 0. The molecular weight excluding hydrogens is 451 g/mol. The van der Waals surface area contributed by atoms with E-state index in [1.54, 1.807) is 19.2 Å². The Labute approximate surface area is 203 Å². The van der Waals surface area contributed by atoms with E-state index in [4.69, 9.17) is 20.9 Å². The second kappa shape index (κ2) is 10.8. The molecule has 1 fully saturated rings. The molecule has 0 saturated heterocycles. The van der Waals surface area contributed by atoms with Crippen LogP contribution in [0.2, 0.25) is 0 Å². The Morgan fingerprint density at radius 3 is 2.69 bits per heavy atom. The highest BCUT2D eigenvalue weighted by atomic mass is 19.1. The predicted octanol–water partition coefficient (Wildman–Crippen LogP) is 3.71. The number of nitrogens with two attached hydrogens (primary N) is 2. The van der Waals surface area contributed by atoms with Gasteiger partial charge in [-0.15, -0.1) is 0 Å². The summed E-state index contributed by atoms with van der Waals surface area (Å²) in [5.74, 6) is -0.809. The van der Waals surface area contributed by atoms with Crippen molar-refractivity contribution in [1.29, 1.82) is 0 Å². The van der Waals surface area contributed by atoms with Crippen LogP contribution in [0.1, 0.15) is 43.0 Å². The van der Waals surface area contributed by atoms with E-state index in [9.17, 15) is 9.18 Å². The molecule has 3 aromatic rings. The van der Waals surface area contributed by atoms with Crippen LogP contribution in [0.4, 0.5) is 21.7 Å². The van der Waals surface area contributed by atoms with E-state index in [2.05, 4.69) is 20.6 Å². The molecule has 2 unspecified atom stereocenters. The zero-order chi connectivity index (χ0) is 24.9. The molecule has 1 saturated carbocycles. The van der Waals surface area contributed by atoms with Crippen molar-refractivity contribution in [1.82, 2.24) is 9.97 Å². The van der Waals surface area contributed by atoms with Gasteiger partial charge in [-0.1, -0.05) is 18.9 Å². The fraction of sp³-hybridized carbons (Fsp3) is 0.400. The number of anilines is 3. The van der Waals surface area contributed by atoms with Gasteiger partial charge in [-0.25, -0.2) is 14.4 Å². The zero-order valence-electron chi connectivity index (χ0n) is 19.9. The molecule has 6 N–H and O–H groups in total. The number of carbonyl (C=O) groups is 1. The quantitative estimate of drug-likeness (QED) is 0.362. The van der Waals surface area contributed by atoms with Crippen molar-refractivity contribution in [2.75, 3.05) is 24.4 Å². The number of nitrogens with one attached hydrogen (secondary N) is 2. The molecule has 0 spiro atoms. The maximum atomic E-state index is 14.8. The Bertz CT molecular complexity index is 1210. The number of hydrogen-bond donors (Lipinski definition) is 4. The second-order valence-corrected chi connectivity index (χ2v) is 8.84. The lowest BCUT2D eigenvalue weighted by atomic mass is 9.91. The first-order chi connectivity index (χ1) is 16.8. The number of methoxy groups -OCH3 is 1. The van der Waals surface area contributed by atoms with Gasteiger partial charge in [0.15, 0.2) is 11.6 Å². The third-order valence-corrected chi connectivity index (χ3v) is 6.04. The molecule has 10 heteroatoms. The molecule has 2 heterocycles. The SMILES string of the molecule is COCC(C)Oc1ccc2ccc(Nc3nc(NC4CCCC[C@@H]4N)c(F)cc3C(N)=O)cc2n1. The Morgan fingerprint density at radius 1 is 1.17 bits per heavy atom. The van der Waals surface area contributed by atoms with Crippen molar-refractivity contribution in [2.45, 2.75) is 50.8 Å². The lowest BCUT2D eigenvalue weighted by molar-refractivity contribution is 0.0892. The molecule has 1 aromatic carbocycles. The monoisotopic (exact) mass is 482 g/mol. The van der Waals surface area contributed by atoms with Crippen molar-refractivity contribution in [3.63, 3.8) is 0 Å². The molecule has 4 rings (SSSR count). The lowest BCUT2D eigenvalue weighted by Gasteiger charge is -2.30. The number of ether oxygens (including phenoxy) is 2. The number of carbonyl (C=O) groups excluding carboxylic acids is 1. The molecule has 0 radical (unpaired) electrons. The van der Waals surface area contributed by atoms with Crippen molar-refractivity contribution in [3.8, 4) is 5.88 Å². The average molecular weight is 483 g/mol. The van der Waals surface area contributed by atoms with Crippen LogP contribution in [0.5, 0.6) is 5.88 Å². The van der Waals surface area contributed by atoms with E-state index < -0.39 is 11.7 Å².